The van der Waals surface area contributed by atoms with Gasteiger partial charge in [0.05, 0.1) is 9.85 Å². The topological polar surface area (TPSA) is 98.3 Å². The van der Waals surface area contributed by atoms with E-state index in [9.17, 15) is 33.4 Å². The van der Waals surface area contributed by atoms with Gasteiger partial charge in [0, 0.05) is 17.8 Å². The third kappa shape index (κ3) is 3.93. The van der Waals surface area contributed by atoms with Crippen molar-refractivity contribution >= 4 is 29.0 Å². The van der Waals surface area contributed by atoms with E-state index < -0.39 is 27.3 Å². The molecule has 0 heterocycles. The van der Waals surface area contributed by atoms with Gasteiger partial charge in [0.1, 0.15) is 10.5 Å². The molecule has 1 N–H and O–H groups in total. The number of nitrogens with one attached hydrogen (secondary N) is 1. The Morgan fingerprint density at radius 3 is 2.17 bits per heavy atom. The molecule has 0 saturated carbocycles. The lowest BCUT2D eigenvalue weighted by Crippen LogP contribution is -2.09. The number of halogens is 3. The van der Waals surface area contributed by atoms with Gasteiger partial charge in [-0.1, -0.05) is 12.1 Å². The number of nitrogens with zero attached hydrogens (tertiary/aromatic N) is 2. The van der Waals surface area contributed by atoms with E-state index in [-0.39, 0.29) is 16.3 Å². The third-order valence-corrected chi connectivity index (χ3v) is 3.74. The molecular formula is C13H8F3N3O4S. The maximum absolute atomic E-state index is 12.9. The number of para-hydroxylation sites is 1. The molecule has 2 aromatic carbocycles. The normalized spacial score (nSPS) is 11.1. The van der Waals surface area contributed by atoms with Crippen molar-refractivity contribution < 1.29 is 23.0 Å². The Morgan fingerprint density at radius 2 is 1.58 bits per heavy atom. The predicted molar refractivity (Wildman–Crippen MR) is 80.7 cm³/mol. The highest BCUT2D eigenvalue weighted by atomic mass is 32.2. The molecule has 0 bridgehead atoms. The van der Waals surface area contributed by atoms with E-state index in [2.05, 4.69) is 4.72 Å². The van der Waals surface area contributed by atoms with Gasteiger partial charge in [-0.3, -0.25) is 20.2 Å². The summed E-state index contributed by atoms with van der Waals surface area (Å²) in [6.07, 6.45) is -4.90. The van der Waals surface area contributed by atoms with Crippen LogP contribution in [-0.4, -0.2) is 9.85 Å². The van der Waals surface area contributed by atoms with Gasteiger partial charge in [0.25, 0.3) is 11.4 Å². The Hall–Kier alpha value is -2.82. The van der Waals surface area contributed by atoms with Crippen molar-refractivity contribution in [2.75, 3.05) is 4.72 Å². The molecular weight excluding hydrogens is 351 g/mol. The molecule has 2 aromatic rings. The lowest BCUT2D eigenvalue weighted by Gasteiger charge is -2.10. The maximum atomic E-state index is 12.9. The number of benzene rings is 2. The second-order valence-corrected chi connectivity index (χ2v) is 5.26. The Morgan fingerprint density at radius 1 is 0.958 bits per heavy atom. The number of rotatable bonds is 5. The fourth-order valence-corrected chi connectivity index (χ4v) is 2.54. The molecule has 0 radical (unpaired) electrons. The van der Waals surface area contributed by atoms with Gasteiger partial charge in [-0.15, -0.1) is 0 Å². The number of hydrogen-bond donors (Lipinski definition) is 1. The summed E-state index contributed by atoms with van der Waals surface area (Å²) < 4.78 is 41.2. The second-order valence-electron chi connectivity index (χ2n) is 4.42. The summed E-state index contributed by atoms with van der Waals surface area (Å²) in [6, 6.07) is 8.07. The summed E-state index contributed by atoms with van der Waals surface area (Å²) >= 11 is 0.733. The van der Waals surface area contributed by atoms with Crippen LogP contribution in [0.3, 0.4) is 0 Å². The van der Waals surface area contributed by atoms with Gasteiger partial charge in [0.2, 0.25) is 0 Å². The molecule has 0 saturated heterocycles. The van der Waals surface area contributed by atoms with Gasteiger partial charge in [-0.2, -0.15) is 13.2 Å². The van der Waals surface area contributed by atoms with Gasteiger partial charge in [-0.05, 0) is 30.1 Å². The predicted octanol–water partition coefficient (Wildman–Crippen LogP) is 4.64. The fourth-order valence-electron chi connectivity index (χ4n) is 1.79. The Bertz CT molecular complexity index is 798. The molecule has 24 heavy (non-hydrogen) atoms. The van der Waals surface area contributed by atoms with Crippen LogP contribution in [0.5, 0.6) is 0 Å². The van der Waals surface area contributed by atoms with E-state index in [0.717, 1.165) is 24.1 Å². The second kappa shape index (κ2) is 6.74. The van der Waals surface area contributed by atoms with Crippen LogP contribution in [0.15, 0.2) is 47.4 Å². The molecule has 0 aromatic heterocycles. The molecule has 0 aliphatic heterocycles. The Labute approximate surface area is 136 Å². The first-order valence-electron chi connectivity index (χ1n) is 6.22. The van der Waals surface area contributed by atoms with Gasteiger partial charge in [-0.25, -0.2) is 0 Å². The Balaban J connectivity index is 2.29. The molecule has 0 fully saturated rings. The van der Waals surface area contributed by atoms with Gasteiger partial charge >= 0.3 is 6.18 Å². The molecule has 11 heteroatoms. The summed E-state index contributed by atoms with van der Waals surface area (Å²) in [5.74, 6) is 0. The van der Waals surface area contributed by atoms with E-state index in [0.29, 0.717) is 6.07 Å². The van der Waals surface area contributed by atoms with E-state index in [1.54, 1.807) is 0 Å². The van der Waals surface area contributed by atoms with Crippen LogP contribution in [-0.2, 0) is 6.18 Å². The van der Waals surface area contributed by atoms with Crippen molar-refractivity contribution in [3.8, 4) is 0 Å². The summed E-state index contributed by atoms with van der Waals surface area (Å²) in [6.45, 7) is 0. The summed E-state index contributed by atoms with van der Waals surface area (Å²) in [5, 5.41) is 21.6. The van der Waals surface area contributed by atoms with E-state index >= 15 is 0 Å². The summed E-state index contributed by atoms with van der Waals surface area (Å²) in [7, 11) is 0. The summed E-state index contributed by atoms with van der Waals surface area (Å²) in [4.78, 5) is 20.0. The smallest absolute Gasteiger partial charge is 0.325 e. The van der Waals surface area contributed by atoms with Crippen LogP contribution in [0, 0.1) is 20.2 Å². The Kier molecular flexibility index (Phi) is 4.93. The minimum atomic E-state index is -4.90. The van der Waals surface area contributed by atoms with Gasteiger partial charge < -0.3 is 4.72 Å². The molecule has 0 aliphatic rings. The highest BCUT2D eigenvalue weighted by Gasteiger charge is 2.38. The van der Waals surface area contributed by atoms with Crippen LogP contribution >= 0.6 is 11.9 Å². The fraction of sp³-hybridized carbons (Fsp3) is 0.0769. The van der Waals surface area contributed by atoms with Crippen LogP contribution in [0.4, 0.5) is 30.2 Å². The van der Waals surface area contributed by atoms with Crippen molar-refractivity contribution in [1.29, 1.82) is 0 Å². The van der Waals surface area contributed by atoms with E-state index in [1.807, 2.05) is 0 Å². The number of alkyl halides is 3. The number of nitro groups is 2. The molecule has 126 valence electrons. The quantitative estimate of drug-likeness (QED) is 0.474. The number of nitro benzene ring substituents is 2. The first-order chi connectivity index (χ1) is 11.2. The molecule has 0 aliphatic carbocycles. The SMILES string of the molecule is O=[N+]([O-])c1ccccc1SNc1ccc([N+](=O)[O-])c(C(F)(F)F)c1. The highest BCUT2D eigenvalue weighted by Crippen LogP contribution is 2.38. The zero-order valence-corrected chi connectivity index (χ0v) is 12.4. The van der Waals surface area contributed by atoms with Gasteiger partial charge in [0.15, 0.2) is 0 Å². The van der Waals surface area contributed by atoms with Crippen molar-refractivity contribution in [3.63, 3.8) is 0 Å². The first-order valence-corrected chi connectivity index (χ1v) is 7.03. The summed E-state index contributed by atoms with van der Waals surface area (Å²) in [5.41, 5.74) is -2.76. The van der Waals surface area contributed by atoms with Crippen LogP contribution < -0.4 is 4.72 Å². The molecule has 0 unspecified atom stereocenters. The highest BCUT2D eigenvalue weighted by molar-refractivity contribution is 8.00. The lowest BCUT2D eigenvalue weighted by atomic mass is 10.1. The third-order valence-electron chi connectivity index (χ3n) is 2.84. The number of anilines is 1. The molecule has 0 atom stereocenters. The van der Waals surface area contributed by atoms with E-state index in [4.69, 9.17) is 0 Å². The van der Waals surface area contributed by atoms with Crippen molar-refractivity contribution in [2.45, 2.75) is 11.1 Å². The average molecular weight is 359 g/mol. The monoisotopic (exact) mass is 359 g/mol. The zero-order chi connectivity index (χ0) is 17.9. The van der Waals surface area contributed by atoms with Crippen LogP contribution in [0.2, 0.25) is 0 Å². The average Bonchev–Trinajstić information content (AvgIpc) is 2.51. The van der Waals surface area contributed by atoms with Crippen molar-refractivity contribution in [3.05, 3.63) is 68.3 Å². The standard InChI is InChI=1S/C13H8F3N3O4S/c14-13(15,16)9-7-8(5-6-10(9)18(20)21)17-24-12-4-2-1-3-11(12)19(22)23/h1-7,17H. The van der Waals surface area contributed by atoms with Crippen LogP contribution in [0.1, 0.15) is 5.56 Å². The zero-order valence-electron chi connectivity index (χ0n) is 11.6. The molecule has 2 rings (SSSR count). The minimum Gasteiger partial charge on any atom is -0.325 e. The van der Waals surface area contributed by atoms with E-state index in [1.165, 1.54) is 24.3 Å². The molecule has 0 amide bonds. The first kappa shape index (κ1) is 17.5. The maximum Gasteiger partial charge on any atom is 0.423 e. The molecule has 0 spiro atoms. The van der Waals surface area contributed by atoms with Crippen LogP contribution in [0.25, 0.3) is 0 Å². The molecule has 7 nitrogen and oxygen atoms in total. The largest absolute Gasteiger partial charge is 0.423 e. The lowest BCUT2D eigenvalue weighted by molar-refractivity contribution is -0.388. The minimum absolute atomic E-state index is 0.0731. The number of hydrogen-bond acceptors (Lipinski definition) is 6. The van der Waals surface area contributed by atoms with Crippen molar-refractivity contribution in [2.24, 2.45) is 0 Å². The van der Waals surface area contributed by atoms with Crippen molar-refractivity contribution in [1.82, 2.24) is 0 Å².